The third kappa shape index (κ3) is 7.27. The van der Waals surface area contributed by atoms with Crippen molar-refractivity contribution in [1.82, 2.24) is 0 Å². The third-order valence-corrected chi connectivity index (χ3v) is 11.9. The summed E-state index contributed by atoms with van der Waals surface area (Å²) in [5, 5.41) is 25.1. The highest BCUT2D eigenvalue weighted by Crippen LogP contribution is 2.51. The molecule has 0 fully saturated rings. The zero-order valence-corrected chi connectivity index (χ0v) is 34.2. The Hall–Kier alpha value is -3.72. The summed E-state index contributed by atoms with van der Waals surface area (Å²) in [5.74, 6) is -0.732. The van der Waals surface area contributed by atoms with E-state index in [-0.39, 0.29) is 47.8 Å². The standard InChI is InChI=1S/C46H49ClN2O3.HI/c1-45(2)39(48(28-11-5-6-19-41(51)52)37-24-20-31-13-7-9-17-35(31)42(37)45)26-22-33-15-12-16-34(44(33)47)23-27-40-46(3,4)43-36-18-10-8-14-32(36)21-25-38(43)49(40)29-30-50;/h7-10,13-14,17-18,20-27,50H,5-6,11-12,15-16,19,28-30H2,1-4H3;1H. The van der Waals surface area contributed by atoms with Crippen LogP contribution in [-0.4, -0.2) is 46.2 Å². The number of hydrogen-bond acceptors (Lipinski definition) is 3. The Bertz CT molecular complexity index is 2220. The van der Waals surface area contributed by atoms with E-state index in [9.17, 15) is 9.90 Å². The second-order valence-electron chi connectivity index (χ2n) is 15.5. The molecule has 1 aliphatic carbocycles. The second kappa shape index (κ2) is 15.9. The topological polar surface area (TPSA) is 63.8 Å². The highest BCUT2D eigenvalue weighted by atomic mass is 127. The number of halogens is 2. The molecule has 0 saturated heterocycles. The van der Waals surface area contributed by atoms with Crippen LogP contribution in [0.15, 0.2) is 119 Å². The van der Waals surface area contributed by atoms with Gasteiger partial charge < -0.3 is 39.1 Å². The van der Waals surface area contributed by atoms with Gasteiger partial charge in [0.1, 0.15) is 6.54 Å². The summed E-state index contributed by atoms with van der Waals surface area (Å²) in [6.45, 7) is 10.6. The normalized spacial score (nSPS) is 19.2. The molecule has 0 radical (unpaired) electrons. The van der Waals surface area contributed by atoms with Gasteiger partial charge in [0.2, 0.25) is 5.69 Å². The van der Waals surface area contributed by atoms with Crippen LogP contribution in [0.2, 0.25) is 0 Å². The molecule has 0 bridgehead atoms. The summed E-state index contributed by atoms with van der Waals surface area (Å²) < 4.78 is 2.46. The van der Waals surface area contributed by atoms with Gasteiger partial charge in [-0.05, 0) is 102 Å². The van der Waals surface area contributed by atoms with Crippen LogP contribution in [0, 0.1) is 0 Å². The van der Waals surface area contributed by atoms with Crippen LogP contribution in [0.3, 0.4) is 0 Å². The molecule has 0 saturated carbocycles. The number of hydrogen-bond donors (Lipinski definition) is 2. The molecule has 3 aliphatic rings. The molecule has 7 rings (SSSR count). The van der Waals surface area contributed by atoms with Gasteiger partial charge >= 0.3 is 5.97 Å². The lowest BCUT2D eigenvalue weighted by atomic mass is 9.78. The smallest absolute Gasteiger partial charge is 0.303 e. The number of carbonyl (C=O) groups is 1. The molecule has 5 nitrogen and oxygen atoms in total. The van der Waals surface area contributed by atoms with E-state index in [4.69, 9.17) is 16.7 Å². The van der Waals surface area contributed by atoms with Crippen molar-refractivity contribution < 1.29 is 43.6 Å². The first-order valence-electron chi connectivity index (χ1n) is 18.8. The van der Waals surface area contributed by atoms with Crippen LogP contribution in [0.1, 0.15) is 83.8 Å². The minimum Gasteiger partial charge on any atom is -1.00 e. The molecular formula is C46H50ClIN2O3. The molecule has 4 aromatic rings. The molecule has 0 spiro atoms. The number of aliphatic hydroxyl groups excluding tert-OH is 1. The Balaban J connectivity index is 0.00000481. The number of β-amino-alcohol motifs (C(OH)–C–C–N with tert-alkyl or cyclic N) is 1. The van der Waals surface area contributed by atoms with Gasteiger partial charge in [-0.1, -0.05) is 92.2 Å². The van der Waals surface area contributed by atoms with Gasteiger partial charge in [-0.15, -0.1) is 0 Å². The maximum atomic E-state index is 11.1. The number of unbranched alkanes of at least 4 members (excludes halogenated alkanes) is 2. The molecule has 0 amide bonds. The fraction of sp³-hybridized carbons (Fsp3) is 0.348. The van der Waals surface area contributed by atoms with Gasteiger partial charge in [-0.25, -0.2) is 0 Å². The van der Waals surface area contributed by atoms with Crippen LogP contribution < -0.4 is 28.9 Å². The summed E-state index contributed by atoms with van der Waals surface area (Å²) >= 11 is 7.28. The second-order valence-corrected chi connectivity index (χ2v) is 15.9. The van der Waals surface area contributed by atoms with E-state index in [1.807, 2.05) is 0 Å². The van der Waals surface area contributed by atoms with Crippen LogP contribution in [-0.2, 0) is 15.6 Å². The van der Waals surface area contributed by atoms with Gasteiger partial charge in [0.15, 0.2) is 5.71 Å². The molecule has 7 heteroatoms. The molecule has 53 heavy (non-hydrogen) atoms. The molecule has 2 heterocycles. The van der Waals surface area contributed by atoms with E-state index in [0.717, 1.165) is 60.5 Å². The molecule has 0 atom stereocenters. The lowest BCUT2D eigenvalue weighted by molar-refractivity contribution is -0.438. The largest absolute Gasteiger partial charge is 1.00 e. The number of rotatable bonds is 11. The lowest BCUT2D eigenvalue weighted by Crippen LogP contribution is -3.00. The summed E-state index contributed by atoms with van der Waals surface area (Å²) in [5.41, 5.74) is 9.24. The van der Waals surface area contributed by atoms with Crippen LogP contribution in [0.5, 0.6) is 0 Å². The van der Waals surface area contributed by atoms with Crippen molar-refractivity contribution >= 4 is 56.2 Å². The Labute approximate surface area is 336 Å². The zero-order chi connectivity index (χ0) is 36.6. The Morgan fingerprint density at radius 2 is 1.51 bits per heavy atom. The van der Waals surface area contributed by atoms with Gasteiger partial charge in [-0.2, -0.15) is 4.58 Å². The highest BCUT2D eigenvalue weighted by Gasteiger charge is 2.45. The SMILES string of the molecule is CC1(C)C(/C=C/C2=C(Cl)C(=C/C=C3\N(CCO)c4ccc5ccccc5c4C3(C)C)/CCC2)=[N+](CCCCCC(=O)O)c2ccc3ccccc3c21.[I-]. The first-order chi connectivity index (χ1) is 25.0. The quantitative estimate of drug-likeness (QED) is 0.0919. The Morgan fingerprint density at radius 3 is 2.21 bits per heavy atom. The number of anilines is 1. The maximum Gasteiger partial charge on any atom is 0.303 e. The van der Waals surface area contributed by atoms with Crippen molar-refractivity contribution in [2.75, 3.05) is 24.6 Å². The number of fused-ring (bicyclic) bond motifs is 6. The third-order valence-electron chi connectivity index (χ3n) is 11.4. The molecule has 2 N–H and O–H groups in total. The molecule has 0 unspecified atom stereocenters. The Kier molecular flexibility index (Phi) is 11.7. The molecule has 4 aromatic carbocycles. The maximum absolute atomic E-state index is 11.1. The number of carboxylic acid groups (broad SMARTS) is 1. The first-order valence-corrected chi connectivity index (χ1v) is 19.2. The number of nitrogens with zero attached hydrogens (tertiary/aromatic N) is 2. The summed E-state index contributed by atoms with van der Waals surface area (Å²) in [6.07, 6.45) is 14.5. The number of aliphatic carboxylic acids is 1. The van der Waals surface area contributed by atoms with E-state index in [1.54, 1.807) is 0 Å². The fourth-order valence-corrected chi connectivity index (χ4v) is 9.26. The number of benzene rings is 4. The molecule has 276 valence electrons. The lowest BCUT2D eigenvalue weighted by Gasteiger charge is -2.27. The highest BCUT2D eigenvalue weighted by molar-refractivity contribution is 6.32. The predicted octanol–water partition coefficient (Wildman–Crippen LogP) is 7.85. The van der Waals surface area contributed by atoms with E-state index in [1.165, 1.54) is 49.8 Å². The summed E-state index contributed by atoms with van der Waals surface area (Å²) in [7, 11) is 0. The van der Waals surface area contributed by atoms with Gasteiger partial charge in [-0.3, -0.25) is 4.79 Å². The fourth-order valence-electron chi connectivity index (χ4n) is 8.94. The average molecular weight is 841 g/mol. The Morgan fingerprint density at radius 1 is 0.830 bits per heavy atom. The van der Waals surface area contributed by atoms with Crippen molar-refractivity contribution in [3.8, 4) is 0 Å². The van der Waals surface area contributed by atoms with Crippen LogP contribution >= 0.6 is 11.6 Å². The zero-order valence-electron chi connectivity index (χ0n) is 31.3. The van der Waals surface area contributed by atoms with E-state index in [2.05, 4.69) is 134 Å². The predicted molar refractivity (Wildman–Crippen MR) is 216 cm³/mol. The van der Waals surface area contributed by atoms with Crippen molar-refractivity contribution in [2.45, 2.75) is 83.5 Å². The monoisotopic (exact) mass is 840 g/mol. The van der Waals surface area contributed by atoms with Crippen molar-refractivity contribution in [3.63, 3.8) is 0 Å². The molecular weight excluding hydrogens is 791 g/mol. The first kappa shape index (κ1) is 39.0. The summed E-state index contributed by atoms with van der Waals surface area (Å²) in [4.78, 5) is 13.4. The average Bonchev–Trinajstić information content (AvgIpc) is 3.48. The van der Waals surface area contributed by atoms with Crippen LogP contribution in [0.25, 0.3) is 21.5 Å². The number of aliphatic hydroxyl groups is 1. The number of allylic oxidation sites excluding steroid dienone is 8. The van der Waals surface area contributed by atoms with Gasteiger partial charge in [0, 0.05) is 58.9 Å². The van der Waals surface area contributed by atoms with Crippen molar-refractivity contribution in [3.05, 3.63) is 130 Å². The van der Waals surface area contributed by atoms with E-state index < -0.39 is 5.97 Å². The minimum absolute atomic E-state index is 0. The van der Waals surface area contributed by atoms with Crippen molar-refractivity contribution in [1.29, 1.82) is 0 Å². The summed E-state index contributed by atoms with van der Waals surface area (Å²) in [6, 6.07) is 26.0. The van der Waals surface area contributed by atoms with Crippen molar-refractivity contribution in [2.24, 2.45) is 0 Å². The minimum atomic E-state index is -0.732. The molecule has 2 aliphatic heterocycles. The van der Waals surface area contributed by atoms with Crippen LogP contribution in [0.4, 0.5) is 11.4 Å². The van der Waals surface area contributed by atoms with E-state index in [0.29, 0.717) is 13.0 Å². The number of carboxylic acids is 1. The van der Waals surface area contributed by atoms with Gasteiger partial charge in [0.25, 0.3) is 0 Å². The van der Waals surface area contributed by atoms with E-state index >= 15 is 0 Å². The molecule has 0 aromatic heterocycles. The van der Waals surface area contributed by atoms with Gasteiger partial charge in [0.05, 0.1) is 12.0 Å².